The highest BCUT2D eigenvalue weighted by Crippen LogP contribution is 2.36. The zero-order valence-corrected chi connectivity index (χ0v) is 15.2. The van der Waals surface area contributed by atoms with E-state index in [1.807, 2.05) is 23.9 Å². The molecule has 2 saturated heterocycles. The molecule has 7 heteroatoms. The molecule has 2 fully saturated rings. The van der Waals surface area contributed by atoms with Crippen molar-refractivity contribution in [3.8, 4) is 0 Å². The molecule has 3 heterocycles. The summed E-state index contributed by atoms with van der Waals surface area (Å²) in [5.74, 6) is 0.0458. The maximum Gasteiger partial charge on any atom is 0.257 e. The first-order valence-corrected chi connectivity index (χ1v) is 8.82. The van der Waals surface area contributed by atoms with Crippen LogP contribution in [0.4, 0.5) is 0 Å². The summed E-state index contributed by atoms with van der Waals surface area (Å²) in [6.45, 7) is 4.99. The number of likely N-dealkylation sites (tertiary alicyclic amines) is 1. The summed E-state index contributed by atoms with van der Waals surface area (Å²) in [7, 11) is 4.01. The molecule has 0 unspecified atom stereocenters. The zero-order valence-electron chi connectivity index (χ0n) is 15.2. The largest absolute Gasteiger partial charge is 0.472 e. The van der Waals surface area contributed by atoms with Gasteiger partial charge in [0, 0.05) is 26.2 Å². The number of nitrogens with zero attached hydrogens (tertiary/aromatic N) is 3. The van der Waals surface area contributed by atoms with E-state index in [9.17, 15) is 9.59 Å². The van der Waals surface area contributed by atoms with Gasteiger partial charge in [0.15, 0.2) is 0 Å². The van der Waals surface area contributed by atoms with Gasteiger partial charge in [0.05, 0.1) is 23.5 Å². The van der Waals surface area contributed by atoms with Crippen LogP contribution in [0.25, 0.3) is 0 Å². The van der Waals surface area contributed by atoms with Gasteiger partial charge < -0.3 is 23.9 Å². The average Bonchev–Trinajstić information content (AvgIpc) is 3.13. The van der Waals surface area contributed by atoms with Gasteiger partial charge in [-0.3, -0.25) is 9.59 Å². The van der Waals surface area contributed by atoms with E-state index in [0.29, 0.717) is 25.2 Å². The van der Waals surface area contributed by atoms with Crippen LogP contribution in [0.2, 0.25) is 0 Å². The van der Waals surface area contributed by atoms with Crippen molar-refractivity contribution in [2.24, 2.45) is 0 Å². The molecule has 1 atom stereocenters. The fourth-order valence-corrected chi connectivity index (χ4v) is 3.75. The molecule has 0 aliphatic carbocycles. The Morgan fingerprint density at radius 3 is 2.68 bits per heavy atom. The molecule has 0 saturated carbocycles. The van der Waals surface area contributed by atoms with Crippen LogP contribution >= 0.6 is 0 Å². The Hall–Kier alpha value is -1.86. The van der Waals surface area contributed by atoms with Gasteiger partial charge >= 0.3 is 0 Å². The van der Waals surface area contributed by atoms with Gasteiger partial charge in [-0.15, -0.1) is 0 Å². The summed E-state index contributed by atoms with van der Waals surface area (Å²) in [5, 5.41) is 0. The number of hydrogen-bond donors (Lipinski definition) is 0. The Morgan fingerprint density at radius 2 is 2.08 bits per heavy atom. The van der Waals surface area contributed by atoms with E-state index in [1.54, 1.807) is 6.07 Å². The molecule has 1 aromatic rings. The molecule has 138 valence electrons. The topological polar surface area (TPSA) is 66.2 Å². The maximum atomic E-state index is 12.5. The molecule has 3 rings (SSSR count). The van der Waals surface area contributed by atoms with Crippen molar-refractivity contribution in [1.82, 2.24) is 14.7 Å². The van der Waals surface area contributed by atoms with Crippen molar-refractivity contribution in [2.45, 2.75) is 31.4 Å². The van der Waals surface area contributed by atoms with Gasteiger partial charge in [0.2, 0.25) is 5.91 Å². The molecule has 0 N–H and O–H groups in total. The van der Waals surface area contributed by atoms with Crippen molar-refractivity contribution in [3.63, 3.8) is 0 Å². The third kappa shape index (κ3) is 3.57. The molecule has 2 aliphatic rings. The van der Waals surface area contributed by atoms with Crippen molar-refractivity contribution < 1.29 is 18.7 Å². The molecule has 25 heavy (non-hydrogen) atoms. The van der Waals surface area contributed by atoms with E-state index in [-0.39, 0.29) is 30.1 Å². The summed E-state index contributed by atoms with van der Waals surface area (Å²) in [5.41, 5.74) is 0.226. The highest BCUT2D eigenvalue weighted by molar-refractivity contribution is 5.93. The summed E-state index contributed by atoms with van der Waals surface area (Å²) in [4.78, 5) is 30.6. The molecule has 2 aliphatic heterocycles. The number of hydrogen-bond acceptors (Lipinski definition) is 5. The SMILES string of the molecule is C[C@H]1N(CCN(C)C)C(=O)COC12CCN(C(=O)c1ccoc1)CC2. The van der Waals surface area contributed by atoms with Gasteiger partial charge in [-0.25, -0.2) is 0 Å². The predicted octanol–water partition coefficient (Wildman–Crippen LogP) is 1.06. The van der Waals surface area contributed by atoms with Crippen LogP contribution < -0.4 is 0 Å². The Labute approximate surface area is 148 Å². The molecule has 7 nitrogen and oxygen atoms in total. The van der Waals surface area contributed by atoms with Crippen molar-refractivity contribution in [3.05, 3.63) is 24.2 Å². The van der Waals surface area contributed by atoms with E-state index in [2.05, 4.69) is 11.8 Å². The number of morpholine rings is 1. The number of amides is 2. The predicted molar refractivity (Wildman–Crippen MR) is 92.3 cm³/mol. The van der Waals surface area contributed by atoms with Crippen LogP contribution in [-0.2, 0) is 9.53 Å². The minimum Gasteiger partial charge on any atom is -0.472 e. The third-order valence-electron chi connectivity index (χ3n) is 5.49. The number of rotatable bonds is 4. The van der Waals surface area contributed by atoms with Crippen LogP contribution in [0.3, 0.4) is 0 Å². The van der Waals surface area contributed by atoms with Crippen LogP contribution in [0, 0.1) is 0 Å². The van der Waals surface area contributed by atoms with Crippen molar-refractivity contribution >= 4 is 11.8 Å². The minimum absolute atomic E-state index is 0.00685. The monoisotopic (exact) mass is 349 g/mol. The van der Waals surface area contributed by atoms with Gasteiger partial charge in [0.1, 0.15) is 12.9 Å². The lowest BCUT2D eigenvalue weighted by molar-refractivity contribution is -0.185. The van der Waals surface area contributed by atoms with E-state index in [1.165, 1.54) is 12.5 Å². The molecule has 0 radical (unpaired) electrons. The highest BCUT2D eigenvalue weighted by atomic mass is 16.5. The Kier molecular flexibility index (Phi) is 5.15. The average molecular weight is 349 g/mol. The highest BCUT2D eigenvalue weighted by Gasteiger charge is 2.48. The van der Waals surface area contributed by atoms with Crippen LogP contribution in [0.5, 0.6) is 0 Å². The summed E-state index contributed by atoms with van der Waals surface area (Å²) in [6, 6.07) is 1.70. The Morgan fingerprint density at radius 1 is 1.36 bits per heavy atom. The number of carbonyl (C=O) groups is 2. The van der Waals surface area contributed by atoms with E-state index < -0.39 is 0 Å². The lowest BCUT2D eigenvalue weighted by Crippen LogP contribution is -2.64. The summed E-state index contributed by atoms with van der Waals surface area (Å²) >= 11 is 0. The number of furan rings is 1. The third-order valence-corrected chi connectivity index (χ3v) is 5.49. The van der Waals surface area contributed by atoms with Gasteiger partial charge in [-0.2, -0.15) is 0 Å². The second-order valence-electron chi connectivity index (χ2n) is 7.22. The second-order valence-corrected chi connectivity index (χ2v) is 7.22. The first kappa shape index (κ1) is 17.9. The van der Waals surface area contributed by atoms with Crippen LogP contribution in [0.15, 0.2) is 23.0 Å². The Balaban J connectivity index is 1.65. The number of ether oxygens (including phenoxy) is 1. The molecular formula is C18H27N3O4. The molecular weight excluding hydrogens is 322 g/mol. The molecule has 2 amide bonds. The normalized spacial score (nSPS) is 23.5. The standard InChI is InChI=1S/C18H27N3O4/c1-14-18(25-13-16(22)21(14)10-9-19(2)3)5-7-20(8-6-18)17(23)15-4-11-24-12-15/h4,11-12,14H,5-10,13H2,1-3H3/t14-/m1/s1. The number of carbonyl (C=O) groups excluding carboxylic acids is 2. The smallest absolute Gasteiger partial charge is 0.257 e. The first-order chi connectivity index (χ1) is 11.9. The van der Waals surface area contributed by atoms with E-state index >= 15 is 0 Å². The maximum absolute atomic E-state index is 12.5. The van der Waals surface area contributed by atoms with Crippen molar-refractivity contribution in [1.29, 1.82) is 0 Å². The fourth-order valence-electron chi connectivity index (χ4n) is 3.75. The van der Waals surface area contributed by atoms with Gasteiger partial charge in [0.25, 0.3) is 5.91 Å². The van der Waals surface area contributed by atoms with Gasteiger partial charge in [-0.05, 0) is 39.9 Å². The molecule has 1 spiro atoms. The number of piperidine rings is 1. The summed E-state index contributed by atoms with van der Waals surface area (Å²) in [6.07, 6.45) is 4.47. The van der Waals surface area contributed by atoms with Crippen molar-refractivity contribution in [2.75, 3.05) is 46.9 Å². The van der Waals surface area contributed by atoms with Crippen LogP contribution in [-0.4, -0.2) is 85.0 Å². The second kappa shape index (κ2) is 7.17. The Bertz CT molecular complexity index is 606. The minimum atomic E-state index is -0.354. The fraction of sp³-hybridized carbons (Fsp3) is 0.667. The molecule has 0 aromatic carbocycles. The quantitative estimate of drug-likeness (QED) is 0.813. The van der Waals surface area contributed by atoms with E-state index in [4.69, 9.17) is 9.15 Å². The van der Waals surface area contributed by atoms with E-state index in [0.717, 1.165) is 19.4 Å². The first-order valence-electron chi connectivity index (χ1n) is 8.82. The van der Waals surface area contributed by atoms with Crippen LogP contribution in [0.1, 0.15) is 30.1 Å². The lowest BCUT2D eigenvalue weighted by Gasteiger charge is -2.51. The van der Waals surface area contributed by atoms with Gasteiger partial charge in [-0.1, -0.05) is 0 Å². The lowest BCUT2D eigenvalue weighted by atomic mass is 9.82. The zero-order chi connectivity index (χ0) is 18.0. The summed E-state index contributed by atoms with van der Waals surface area (Å²) < 4.78 is 11.0. The molecule has 1 aromatic heterocycles. The number of likely N-dealkylation sites (N-methyl/N-ethyl adjacent to an activating group) is 1. The molecule has 0 bridgehead atoms.